The molecule has 0 radical (unpaired) electrons. The Hall–Kier alpha value is -1.45. The fraction of sp³-hybridized carbons (Fsp3) is 0.750. The number of cyclic esters (lactones) is 1. The van der Waals surface area contributed by atoms with Crippen LogP contribution in [0.2, 0.25) is 16.6 Å². The summed E-state index contributed by atoms with van der Waals surface area (Å²) in [5, 5.41) is 10.2. The van der Waals surface area contributed by atoms with Gasteiger partial charge >= 0.3 is 6.09 Å². The quantitative estimate of drug-likeness (QED) is 0.368. The summed E-state index contributed by atoms with van der Waals surface area (Å²) in [6, 6.07) is 9.35. The number of methoxy groups -OCH3 is 1. The number of aliphatic hydroxyl groups excluding tert-OH is 1. The van der Waals surface area contributed by atoms with Gasteiger partial charge in [-0.05, 0) is 35.5 Å². The van der Waals surface area contributed by atoms with E-state index in [9.17, 15) is 9.90 Å². The van der Waals surface area contributed by atoms with Gasteiger partial charge in [-0.1, -0.05) is 71.9 Å². The minimum Gasteiger partial charge on any atom is -0.444 e. The Morgan fingerprint density at radius 2 is 1.72 bits per heavy atom. The molecule has 2 heterocycles. The molecule has 0 unspecified atom stereocenters. The highest BCUT2D eigenvalue weighted by molar-refractivity contribution is 6.77. The molecule has 8 heteroatoms. The van der Waals surface area contributed by atoms with Gasteiger partial charge in [-0.2, -0.15) is 0 Å². The van der Waals surface area contributed by atoms with Gasteiger partial charge < -0.3 is 23.7 Å². The van der Waals surface area contributed by atoms with Crippen LogP contribution in [0.3, 0.4) is 0 Å². The molecule has 1 aromatic carbocycles. The van der Waals surface area contributed by atoms with Crippen LogP contribution in [0.5, 0.6) is 0 Å². The molecule has 0 aromatic heterocycles. The van der Waals surface area contributed by atoms with Gasteiger partial charge in [-0.25, -0.2) is 4.79 Å². The van der Waals surface area contributed by atoms with Crippen molar-refractivity contribution in [2.45, 2.75) is 121 Å². The summed E-state index contributed by atoms with van der Waals surface area (Å²) in [5.41, 5.74) is 2.44. The van der Waals surface area contributed by atoms with Crippen molar-refractivity contribution in [1.82, 2.24) is 4.90 Å². The van der Waals surface area contributed by atoms with Crippen molar-refractivity contribution in [3.63, 3.8) is 0 Å². The first-order valence-corrected chi connectivity index (χ1v) is 15.6. The lowest BCUT2D eigenvalue weighted by Gasteiger charge is -2.49. The van der Waals surface area contributed by atoms with Gasteiger partial charge in [-0.15, -0.1) is 0 Å². The van der Waals surface area contributed by atoms with Crippen molar-refractivity contribution in [2.75, 3.05) is 13.7 Å². The molecule has 5 atom stereocenters. The normalized spacial score (nSPS) is 29.4. The van der Waals surface area contributed by atoms with Crippen LogP contribution in [-0.2, 0) is 25.2 Å². The molecule has 2 aliphatic heterocycles. The number of carbonyl (C=O) groups is 1. The summed E-state index contributed by atoms with van der Waals surface area (Å²) < 4.78 is 25.2. The molecule has 1 aromatic rings. The van der Waals surface area contributed by atoms with E-state index in [1.54, 1.807) is 12.0 Å². The summed E-state index contributed by atoms with van der Waals surface area (Å²) >= 11 is 0. The minimum absolute atomic E-state index is 0.00216. The van der Waals surface area contributed by atoms with Gasteiger partial charge in [0.05, 0.1) is 24.9 Å². The molecule has 204 valence electrons. The Kier molecular flexibility index (Phi) is 9.66. The Morgan fingerprint density at radius 1 is 1.11 bits per heavy atom. The van der Waals surface area contributed by atoms with Crippen molar-refractivity contribution in [3.05, 3.63) is 35.9 Å². The average molecular weight is 522 g/mol. The first kappa shape index (κ1) is 29.1. The van der Waals surface area contributed by atoms with Crippen LogP contribution in [0.15, 0.2) is 30.3 Å². The van der Waals surface area contributed by atoms with Crippen LogP contribution in [0.1, 0.15) is 73.3 Å². The van der Waals surface area contributed by atoms with Crippen LogP contribution >= 0.6 is 0 Å². The van der Waals surface area contributed by atoms with Gasteiger partial charge in [0.15, 0.2) is 5.79 Å². The van der Waals surface area contributed by atoms with Crippen LogP contribution in [-0.4, -0.2) is 68.3 Å². The third-order valence-corrected chi connectivity index (χ3v) is 14.4. The lowest BCUT2D eigenvalue weighted by molar-refractivity contribution is -0.276. The number of hydrogen-bond donors (Lipinski definition) is 1. The smallest absolute Gasteiger partial charge is 0.410 e. The molecular weight excluding hydrogens is 474 g/mol. The Labute approximate surface area is 218 Å². The lowest BCUT2D eigenvalue weighted by Crippen LogP contribution is -2.55. The van der Waals surface area contributed by atoms with Crippen molar-refractivity contribution in [2.24, 2.45) is 0 Å². The van der Waals surface area contributed by atoms with E-state index in [4.69, 9.17) is 18.6 Å². The molecule has 36 heavy (non-hydrogen) atoms. The second-order valence-corrected chi connectivity index (χ2v) is 17.0. The van der Waals surface area contributed by atoms with Gasteiger partial charge in [0.25, 0.3) is 0 Å². The highest BCUT2D eigenvalue weighted by Gasteiger charge is 2.50. The van der Waals surface area contributed by atoms with E-state index in [0.29, 0.717) is 42.4 Å². The van der Waals surface area contributed by atoms with Gasteiger partial charge in [-0.3, -0.25) is 4.90 Å². The zero-order chi connectivity index (χ0) is 26.7. The van der Waals surface area contributed by atoms with Crippen LogP contribution < -0.4 is 0 Å². The molecule has 2 fully saturated rings. The molecule has 1 N–H and O–H groups in total. The maximum absolute atomic E-state index is 12.8. The first-order valence-electron chi connectivity index (χ1n) is 13.5. The summed E-state index contributed by atoms with van der Waals surface area (Å²) in [6.07, 6.45) is 0.790. The monoisotopic (exact) mass is 521 g/mol. The van der Waals surface area contributed by atoms with E-state index in [-0.39, 0.29) is 18.8 Å². The number of carbonyl (C=O) groups excluding carboxylic acids is 1. The van der Waals surface area contributed by atoms with Crippen molar-refractivity contribution >= 4 is 14.4 Å². The van der Waals surface area contributed by atoms with Gasteiger partial charge in [0.1, 0.15) is 6.10 Å². The Balaban J connectivity index is 1.77. The number of aliphatic hydroxyl groups is 1. The number of amides is 1. The van der Waals surface area contributed by atoms with Crippen molar-refractivity contribution in [3.8, 4) is 0 Å². The number of benzene rings is 1. The molecular formula is C28H47NO6Si. The highest BCUT2D eigenvalue weighted by atomic mass is 28.4. The third-order valence-electron chi connectivity index (χ3n) is 8.24. The van der Waals surface area contributed by atoms with Crippen LogP contribution in [0.25, 0.3) is 0 Å². The second-order valence-electron chi connectivity index (χ2n) is 11.6. The zero-order valence-electron chi connectivity index (χ0n) is 23.4. The molecule has 0 spiro atoms. The second kappa shape index (κ2) is 11.9. The van der Waals surface area contributed by atoms with Crippen LogP contribution in [0.4, 0.5) is 4.79 Å². The highest BCUT2D eigenvalue weighted by Crippen LogP contribution is 2.46. The first-order chi connectivity index (χ1) is 17.0. The summed E-state index contributed by atoms with van der Waals surface area (Å²) in [5.74, 6) is -0.778. The standard InChI is InChI=1S/C28H47NO6Si/c1-19(2)36(20(3)4,21(5)6)35-24-14-23(34-28(7,16-24)32-8)15-26-25(18-30)29(27(31)33-26)17-22-12-10-9-11-13-22/h9-13,19-21,23-26,30H,14-18H2,1-8H3/t23-,24-,25+,26-,28-/m0/s1. The molecule has 2 saturated heterocycles. The SMILES string of the molecule is CO[C@]1(C)C[C@@H](O[Si](C(C)C)(C(C)C)C(C)C)C[C@@H](C[C@@H]2OC(=O)N(Cc3ccccc3)[C@@H]2CO)O1. The lowest BCUT2D eigenvalue weighted by atomic mass is 9.94. The molecule has 0 saturated carbocycles. The van der Waals surface area contributed by atoms with Gasteiger partial charge in [0.2, 0.25) is 8.32 Å². The molecule has 7 nitrogen and oxygen atoms in total. The maximum Gasteiger partial charge on any atom is 0.410 e. The van der Waals surface area contributed by atoms with E-state index in [1.807, 2.05) is 37.3 Å². The fourth-order valence-electron chi connectivity index (χ4n) is 6.56. The zero-order valence-corrected chi connectivity index (χ0v) is 24.4. The molecule has 0 bridgehead atoms. The number of ether oxygens (including phenoxy) is 3. The topological polar surface area (TPSA) is 77.5 Å². The minimum atomic E-state index is -2.09. The Morgan fingerprint density at radius 3 is 2.25 bits per heavy atom. The molecule has 3 rings (SSSR count). The summed E-state index contributed by atoms with van der Waals surface area (Å²) in [6.45, 7) is 16.0. The van der Waals surface area contributed by atoms with Crippen molar-refractivity contribution in [1.29, 1.82) is 0 Å². The summed E-state index contributed by atoms with van der Waals surface area (Å²) in [4.78, 5) is 14.4. The van der Waals surface area contributed by atoms with E-state index in [1.165, 1.54) is 0 Å². The molecule has 0 aliphatic carbocycles. The number of hydrogen-bond acceptors (Lipinski definition) is 6. The summed E-state index contributed by atoms with van der Waals surface area (Å²) in [7, 11) is -0.423. The predicted molar refractivity (Wildman–Crippen MR) is 143 cm³/mol. The van der Waals surface area contributed by atoms with Crippen LogP contribution in [0, 0.1) is 0 Å². The molecule has 2 aliphatic rings. The van der Waals surface area contributed by atoms with E-state index in [0.717, 1.165) is 5.56 Å². The predicted octanol–water partition coefficient (Wildman–Crippen LogP) is 5.86. The van der Waals surface area contributed by atoms with E-state index < -0.39 is 32.3 Å². The Bertz CT molecular complexity index is 828. The maximum atomic E-state index is 12.8. The largest absolute Gasteiger partial charge is 0.444 e. The van der Waals surface area contributed by atoms with E-state index >= 15 is 0 Å². The average Bonchev–Trinajstić information content (AvgIpc) is 3.10. The molecule has 1 amide bonds. The fourth-order valence-corrected chi connectivity index (χ4v) is 12.1. The van der Waals surface area contributed by atoms with Gasteiger partial charge in [0, 0.05) is 26.5 Å². The third kappa shape index (κ3) is 6.15. The van der Waals surface area contributed by atoms with E-state index in [2.05, 4.69) is 41.5 Å². The van der Waals surface area contributed by atoms with Crippen molar-refractivity contribution < 1.29 is 28.5 Å². The number of nitrogens with zero attached hydrogens (tertiary/aromatic N) is 1. The number of rotatable bonds is 11.